The summed E-state index contributed by atoms with van der Waals surface area (Å²) >= 11 is 0. The van der Waals surface area contributed by atoms with E-state index in [1.54, 1.807) is 0 Å². The monoisotopic (exact) mass is 340 g/mol. The van der Waals surface area contributed by atoms with Crippen LogP contribution in [0, 0.1) is 12.7 Å². The van der Waals surface area contributed by atoms with Crippen molar-refractivity contribution in [2.75, 3.05) is 24.5 Å². The van der Waals surface area contributed by atoms with Crippen molar-refractivity contribution < 1.29 is 4.39 Å². The Morgan fingerprint density at radius 3 is 2.80 bits per heavy atom. The van der Waals surface area contributed by atoms with E-state index in [1.165, 1.54) is 24.1 Å². The summed E-state index contributed by atoms with van der Waals surface area (Å²) < 4.78 is 13.2. The van der Waals surface area contributed by atoms with E-state index in [0.29, 0.717) is 5.92 Å². The number of hydrogen-bond acceptors (Lipinski definition) is 4. The van der Waals surface area contributed by atoms with E-state index in [4.69, 9.17) is 9.97 Å². The maximum atomic E-state index is 13.2. The zero-order chi connectivity index (χ0) is 17.2. The number of anilines is 1. The molecular formula is C20H25FN4. The van der Waals surface area contributed by atoms with Crippen molar-refractivity contribution in [2.45, 2.75) is 45.1 Å². The fourth-order valence-corrected chi connectivity index (χ4v) is 3.93. The number of piperidine rings is 1. The Bertz CT molecular complexity index is 738. The van der Waals surface area contributed by atoms with Crippen LogP contribution in [0.1, 0.15) is 47.8 Å². The molecule has 4 rings (SSSR count). The first-order valence-corrected chi connectivity index (χ1v) is 9.28. The number of aryl methyl sites for hydroxylation is 1. The van der Waals surface area contributed by atoms with Gasteiger partial charge in [-0.3, -0.25) is 0 Å². The van der Waals surface area contributed by atoms with E-state index in [0.717, 1.165) is 68.3 Å². The van der Waals surface area contributed by atoms with Crippen LogP contribution in [0.2, 0.25) is 0 Å². The standard InChI is InChI=1S/C20H25FN4/c1-14-18-5-3-11-25(13-15-6-8-17(21)9-7-15)20(18)24-19(23-14)16-4-2-10-22-12-16/h6-9,16,22H,2-5,10-13H2,1H3. The smallest absolute Gasteiger partial charge is 0.136 e. The molecule has 2 aliphatic heterocycles. The summed E-state index contributed by atoms with van der Waals surface area (Å²) in [6.07, 6.45) is 4.50. The lowest BCUT2D eigenvalue weighted by molar-refractivity contribution is 0.444. The lowest BCUT2D eigenvalue weighted by Crippen LogP contribution is -2.33. The number of halogens is 1. The second-order valence-corrected chi connectivity index (χ2v) is 7.16. The van der Waals surface area contributed by atoms with Gasteiger partial charge in [-0.25, -0.2) is 14.4 Å². The molecule has 0 bridgehead atoms. The molecule has 0 amide bonds. The number of nitrogens with zero attached hydrogens (tertiary/aromatic N) is 3. The number of aromatic nitrogens is 2. The van der Waals surface area contributed by atoms with Crippen molar-refractivity contribution in [3.05, 3.63) is 52.7 Å². The zero-order valence-electron chi connectivity index (χ0n) is 14.8. The molecule has 0 spiro atoms. The second kappa shape index (κ2) is 7.08. The van der Waals surface area contributed by atoms with Gasteiger partial charge in [-0.15, -0.1) is 0 Å². The molecule has 0 saturated carbocycles. The summed E-state index contributed by atoms with van der Waals surface area (Å²) in [6.45, 7) is 5.93. The molecule has 1 aromatic carbocycles. The fourth-order valence-electron chi connectivity index (χ4n) is 3.93. The van der Waals surface area contributed by atoms with E-state index in [2.05, 4.69) is 17.1 Å². The van der Waals surface area contributed by atoms with E-state index in [9.17, 15) is 4.39 Å². The summed E-state index contributed by atoms with van der Waals surface area (Å²) in [6, 6.07) is 6.79. The summed E-state index contributed by atoms with van der Waals surface area (Å²) in [5.74, 6) is 2.29. The third-order valence-electron chi connectivity index (χ3n) is 5.31. The Labute approximate surface area is 148 Å². The molecule has 1 atom stereocenters. The minimum Gasteiger partial charge on any atom is -0.352 e. The van der Waals surface area contributed by atoms with Crippen molar-refractivity contribution in [1.82, 2.24) is 15.3 Å². The Balaban J connectivity index is 1.64. The van der Waals surface area contributed by atoms with Gasteiger partial charge in [0.2, 0.25) is 0 Å². The van der Waals surface area contributed by atoms with Gasteiger partial charge in [0.1, 0.15) is 17.5 Å². The van der Waals surface area contributed by atoms with Crippen LogP contribution in [0.15, 0.2) is 24.3 Å². The van der Waals surface area contributed by atoms with Crippen LogP contribution in [-0.2, 0) is 13.0 Å². The lowest BCUT2D eigenvalue weighted by atomic mass is 9.97. The number of benzene rings is 1. The summed E-state index contributed by atoms with van der Waals surface area (Å²) in [5.41, 5.74) is 3.52. The molecule has 25 heavy (non-hydrogen) atoms. The van der Waals surface area contributed by atoms with Crippen LogP contribution in [0.25, 0.3) is 0 Å². The molecule has 4 nitrogen and oxygen atoms in total. The summed E-state index contributed by atoms with van der Waals surface area (Å²) in [5, 5.41) is 3.46. The van der Waals surface area contributed by atoms with Crippen LogP contribution in [0.5, 0.6) is 0 Å². The van der Waals surface area contributed by atoms with Gasteiger partial charge < -0.3 is 10.2 Å². The molecule has 3 heterocycles. The van der Waals surface area contributed by atoms with Crippen molar-refractivity contribution in [2.24, 2.45) is 0 Å². The highest BCUT2D eigenvalue weighted by Crippen LogP contribution is 2.31. The molecular weight excluding hydrogens is 315 g/mol. The van der Waals surface area contributed by atoms with Gasteiger partial charge in [0, 0.05) is 36.8 Å². The SMILES string of the molecule is Cc1nc(C2CCCNC2)nc2c1CCCN2Cc1ccc(F)cc1. The number of rotatable bonds is 3. The van der Waals surface area contributed by atoms with Gasteiger partial charge in [0.25, 0.3) is 0 Å². The van der Waals surface area contributed by atoms with Crippen molar-refractivity contribution in [3.63, 3.8) is 0 Å². The van der Waals surface area contributed by atoms with Crippen LogP contribution in [0.4, 0.5) is 10.2 Å². The minimum absolute atomic E-state index is 0.187. The van der Waals surface area contributed by atoms with E-state index in [1.807, 2.05) is 12.1 Å². The number of hydrogen-bond donors (Lipinski definition) is 1. The van der Waals surface area contributed by atoms with Crippen LogP contribution >= 0.6 is 0 Å². The molecule has 0 aliphatic carbocycles. The highest BCUT2D eigenvalue weighted by Gasteiger charge is 2.25. The maximum absolute atomic E-state index is 13.2. The van der Waals surface area contributed by atoms with Gasteiger partial charge in [-0.1, -0.05) is 12.1 Å². The molecule has 132 valence electrons. The predicted molar refractivity (Wildman–Crippen MR) is 97.4 cm³/mol. The average molecular weight is 340 g/mol. The van der Waals surface area contributed by atoms with E-state index < -0.39 is 0 Å². The van der Waals surface area contributed by atoms with Gasteiger partial charge in [-0.2, -0.15) is 0 Å². The highest BCUT2D eigenvalue weighted by molar-refractivity contribution is 5.52. The van der Waals surface area contributed by atoms with Crippen molar-refractivity contribution in [3.8, 4) is 0 Å². The summed E-state index contributed by atoms with van der Waals surface area (Å²) in [7, 11) is 0. The second-order valence-electron chi connectivity index (χ2n) is 7.16. The third-order valence-corrected chi connectivity index (χ3v) is 5.31. The first-order chi connectivity index (χ1) is 12.2. The molecule has 5 heteroatoms. The zero-order valence-corrected chi connectivity index (χ0v) is 14.8. The van der Waals surface area contributed by atoms with Gasteiger partial charge in [0.05, 0.1) is 0 Å². The van der Waals surface area contributed by atoms with E-state index >= 15 is 0 Å². The largest absolute Gasteiger partial charge is 0.352 e. The van der Waals surface area contributed by atoms with Gasteiger partial charge in [0.15, 0.2) is 0 Å². The third kappa shape index (κ3) is 3.52. The topological polar surface area (TPSA) is 41.1 Å². The van der Waals surface area contributed by atoms with E-state index in [-0.39, 0.29) is 5.82 Å². The first kappa shape index (κ1) is 16.5. The van der Waals surface area contributed by atoms with Gasteiger partial charge >= 0.3 is 0 Å². The Morgan fingerprint density at radius 1 is 1.20 bits per heavy atom. The summed E-state index contributed by atoms with van der Waals surface area (Å²) in [4.78, 5) is 12.2. The van der Waals surface area contributed by atoms with Crippen LogP contribution < -0.4 is 10.2 Å². The van der Waals surface area contributed by atoms with Gasteiger partial charge in [-0.05, 0) is 56.8 Å². The molecule has 1 unspecified atom stereocenters. The van der Waals surface area contributed by atoms with Crippen molar-refractivity contribution >= 4 is 5.82 Å². The molecule has 0 radical (unpaired) electrons. The van der Waals surface area contributed by atoms with Crippen LogP contribution in [-0.4, -0.2) is 29.6 Å². The normalized spacial score (nSPS) is 20.4. The Hall–Kier alpha value is -2.01. The molecule has 2 aromatic rings. The maximum Gasteiger partial charge on any atom is 0.136 e. The lowest BCUT2D eigenvalue weighted by Gasteiger charge is -2.32. The highest BCUT2D eigenvalue weighted by atomic mass is 19.1. The predicted octanol–water partition coefficient (Wildman–Crippen LogP) is 3.34. The quantitative estimate of drug-likeness (QED) is 0.930. The molecule has 1 N–H and O–H groups in total. The minimum atomic E-state index is -0.187. The number of fused-ring (bicyclic) bond motifs is 1. The van der Waals surface area contributed by atoms with Crippen LogP contribution in [0.3, 0.4) is 0 Å². The molecule has 1 saturated heterocycles. The number of nitrogens with one attached hydrogen (secondary N) is 1. The Kier molecular flexibility index (Phi) is 4.66. The Morgan fingerprint density at radius 2 is 2.04 bits per heavy atom. The van der Waals surface area contributed by atoms with Crippen molar-refractivity contribution in [1.29, 1.82) is 0 Å². The fraction of sp³-hybridized carbons (Fsp3) is 0.500. The molecule has 1 aromatic heterocycles. The average Bonchev–Trinajstić information content (AvgIpc) is 2.65. The molecule has 1 fully saturated rings. The first-order valence-electron chi connectivity index (χ1n) is 9.28. The molecule has 2 aliphatic rings.